The maximum Gasteiger partial charge on any atom is 0.0544 e. The maximum atomic E-state index is 2.52. The zero-order valence-corrected chi connectivity index (χ0v) is 37.1. The first-order chi connectivity index (χ1) is 31.2. The van der Waals surface area contributed by atoms with Gasteiger partial charge in [0.1, 0.15) is 0 Å². The molecule has 1 atom stereocenters. The van der Waals surface area contributed by atoms with E-state index in [1.54, 1.807) is 0 Å². The molecule has 2 aliphatic carbocycles. The molecule has 64 heavy (non-hydrogen) atoms. The van der Waals surface area contributed by atoms with Crippen molar-refractivity contribution in [3.8, 4) is 50.2 Å². The molecule has 1 heterocycles. The summed E-state index contributed by atoms with van der Waals surface area (Å²) in [5.41, 5.74) is 23.8. The van der Waals surface area contributed by atoms with Crippen molar-refractivity contribution >= 4 is 21.8 Å². The van der Waals surface area contributed by atoms with E-state index in [2.05, 4.69) is 239 Å². The lowest BCUT2D eigenvalue weighted by Gasteiger charge is -2.24. The van der Waals surface area contributed by atoms with Gasteiger partial charge in [0, 0.05) is 33.2 Å². The highest BCUT2D eigenvalue weighted by atomic mass is 15.0. The van der Waals surface area contributed by atoms with Crippen molar-refractivity contribution in [3.63, 3.8) is 0 Å². The van der Waals surface area contributed by atoms with Crippen LogP contribution in [0.2, 0.25) is 0 Å². The Morgan fingerprint density at radius 1 is 0.375 bits per heavy atom. The van der Waals surface area contributed by atoms with Crippen LogP contribution in [0.15, 0.2) is 206 Å². The molecule has 0 saturated carbocycles. The first-order valence-corrected chi connectivity index (χ1v) is 23.0. The predicted molar refractivity (Wildman–Crippen MR) is 270 cm³/mol. The first kappa shape index (κ1) is 38.5. The van der Waals surface area contributed by atoms with Gasteiger partial charge in [-0.2, -0.15) is 0 Å². The number of aromatic nitrogens is 1. The Kier molecular flexibility index (Phi) is 8.82. The smallest absolute Gasteiger partial charge is 0.0544 e. The molecule has 9 aromatic carbocycles. The fourth-order valence-corrected chi connectivity index (χ4v) is 11.4. The van der Waals surface area contributed by atoms with Crippen molar-refractivity contribution in [2.75, 3.05) is 0 Å². The lowest BCUT2D eigenvalue weighted by atomic mass is 9.79. The highest BCUT2D eigenvalue weighted by molar-refractivity contribution is 6.11. The quantitative estimate of drug-likeness (QED) is 0.144. The zero-order chi connectivity index (χ0) is 43.2. The molecule has 0 amide bonds. The fraction of sp³-hybridized carbons (Fsp3) is 0.143. The monoisotopic (exact) mass is 821 g/mol. The van der Waals surface area contributed by atoms with E-state index in [4.69, 9.17) is 0 Å². The molecule has 0 radical (unpaired) electrons. The average molecular weight is 822 g/mol. The number of hydrogen-bond donors (Lipinski definition) is 0. The summed E-state index contributed by atoms with van der Waals surface area (Å²) in [5.74, 6) is 0.269. The molecule has 0 fully saturated rings. The minimum absolute atomic E-state index is 0.0361. The minimum Gasteiger partial charge on any atom is -0.309 e. The summed E-state index contributed by atoms with van der Waals surface area (Å²) < 4.78 is 2.46. The van der Waals surface area contributed by atoms with Gasteiger partial charge >= 0.3 is 0 Å². The van der Waals surface area contributed by atoms with Gasteiger partial charge in [-0.1, -0.05) is 204 Å². The van der Waals surface area contributed by atoms with Gasteiger partial charge < -0.3 is 4.57 Å². The Balaban J connectivity index is 0.835. The summed E-state index contributed by atoms with van der Waals surface area (Å²) in [7, 11) is 0. The van der Waals surface area contributed by atoms with E-state index in [0.717, 1.165) is 12.8 Å². The van der Waals surface area contributed by atoms with E-state index in [9.17, 15) is 0 Å². The Labute approximate surface area is 377 Å². The molecule has 1 nitrogen and oxygen atoms in total. The van der Waals surface area contributed by atoms with E-state index < -0.39 is 0 Å². The second kappa shape index (κ2) is 14.7. The molecule has 2 aliphatic rings. The summed E-state index contributed by atoms with van der Waals surface area (Å²) in [4.78, 5) is 0. The van der Waals surface area contributed by atoms with Crippen LogP contribution in [-0.2, 0) is 17.3 Å². The van der Waals surface area contributed by atoms with Gasteiger partial charge in [-0.15, -0.1) is 0 Å². The molecule has 0 spiro atoms. The number of nitrogens with zero attached hydrogens (tertiary/aromatic N) is 1. The number of aryl methyl sites for hydroxylation is 1. The summed E-state index contributed by atoms with van der Waals surface area (Å²) in [6, 6.07) is 77.5. The van der Waals surface area contributed by atoms with Crippen molar-refractivity contribution in [1.82, 2.24) is 4.57 Å². The minimum atomic E-state index is -0.0571. The van der Waals surface area contributed by atoms with Crippen molar-refractivity contribution in [1.29, 1.82) is 0 Å². The third-order valence-electron chi connectivity index (χ3n) is 14.9. The SMILES string of the molecule is CC1(C)c2ccccc2-c2ccc(C(CCc3ccc(-c4ccc(-n5c6ccccc6c6cc7c(cc65)C(C)(C)c5ccccc5-7)cc4)cc3)c3ccc(-c4ccccc4)cc3)cc21. The third-order valence-corrected chi connectivity index (χ3v) is 14.9. The van der Waals surface area contributed by atoms with Crippen molar-refractivity contribution in [2.45, 2.75) is 57.3 Å². The maximum absolute atomic E-state index is 2.52. The Bertz CT molecular complexity index is 3400. The largest absolute Gasteiger partial charge is 0.309 e. The fourth-order valence-electron chi connectivity index (χ4n) is 11.4. The molecule has 0 aliphatic heterocycles. The van der Waals surface area contributed by atoms with Crippen molar-refractivity contribution < 1.29 is 0 Å². The zero-order valence-electron chi connectivity index (χ0n) is 37.1. The number of hydrogen-bond acceptors (Lipinski definition) is 0. The second-order valence-electron chi connectivity index (χ2n) is 19.2. The van der Waals surface area contributed by atoms with Crippen LogP contribution in [0, 0.1) is 0 Å². The van der Waals surface area contributed by atoms with Crippen LogP contribution in [0.5, 0.6) is 0 Å². The van der Waals surface area contributed by atoms with Crippen LogP contribution in [0.3, 0.4) is 0 Å². The van der Waals surface area contributed by atoms with E-state index in [-0.39, 0.29) is 16.7 Å². The van der Waals surface area contributed by atoms with Crippen LogP contribution in [0.4, 0.5) is 0 Å². The van der Waals surface area contributed by atoms with Gasteiger partial charge in [-0.25, -0.2) is 0 Å². The molecule has 1 heteroatoms. The van der Waals surface area contributed by atoms with E-state index >= 15 is 0 Å². The molecule has 10 aromatic rings. The third kappa shape index (κ3) is 6.05. The topological polar surface area (TPSA) is 4.93 Å². The standard InChI is InChI=1S/C63H51N/c1-62(2)56-19-11-8-16-50(56)52-37-33-47(38-58(52)62)49(46-29-27-44(28-30-46)42-14-6-5-7-15-42)36-24-41-22-25-43(26-23-41)45-31-34-48(35-32-45)64-60-21-13-10-18-53(60)55-39-54-51-17-9-12-20-57(51)63(3,4)59(54)40-61(55)64/h5-23,25-35,37-40,49H,24,36H2,1-4H3. The number of fused-ring (bicyclic) bond motifs is 9. The van der Waals surface area contributed by atoms with E-state index in [0.29, 0.717) is 0 Å². The first-order valence-electron chi connectivity index (χ1n) is 23.0. The molecule has 12 rings (SSSR count). The van der Waals surface area contributed by atoms with Crippen LogP contribution in [0.25, 0.3) is 72.0 Å². The number of para-hydroxylation sites is 1. The Hall–Kier alpha value is -7.22. The molecule has 0 saturated heterocycles. The molecule has 308 valence electrons. The normalized spacial score (nSPS) is 14.6. The lowest BCUT2D eigenvalue weighted by molar-refractivity contribution is 0.654. The van der Waals surface area contributed by atoms with Gasteiger partial charge in [-0.3, -0.25) is 0 Å². The molecular weight excluding hydrogens is 771 g/mol. The number of benzene rings is 9. The highest BCUT2D eigenvalue weighted by Crippen LogP contribution is 2.52. The summed E-state index contributed by atoms with van der Waals surface area (Å²) in [6.45, 7) is 9.51. The van der Waals surface area contributed by atoms with Crippen molar-refractivity contribution in [3.05, 3.63) is 245 Å². The van der Waals surface area contributed by atoms with Gasteiger partial charge in [0.2, 0.25) is 0 Å². The van der Waals surface area contributed by atoms with Gasteiger partial charge in [-0.05, 0) is 127 Å². The average Bonchev–Trinajstić information content (AvgIpc) is 3.88. The van der Waals surface area contributed by atoms with E-state index in [1.807, 2.05) is 0 Å². The summed E-state index contributed by atoms with van der Waals surface area (Å²) in [5, 5.41) is 2.60. The molecule has 1 aromatic heterocycles. The van der Waals surface area contributed by atoms with Gasteiger partial charge in [0.15, 0.2) is 0 Å². The van der Waals surface area contributed by atoms with Crippen LogP contribution < -0.4 is 0 Å². The summed E-state index contributed by atoms with van der Waals surface area (Å²) in [6.07, 6.45) is 2.01. The van der Waals surface area contributed by atoms with Crippen LogP contribution >= 0.6 is 0 Å². The molecule has 0 bridgehead atoms. The van der Waals surface area contributed by atoms with Gasteiger partial charge in [0.25, 0.3) is 0 Å². The lowest BCUT2D eigenvalue weighted by Crippen LogP contribution is -2.15. The van der Waals surface area contributed by atoms with E-state index in [1.165, 1.54) is 111 Å². The molecule has 0 N–H and O–H groups in total. The Morgan fingerprint density at radius 3 is 1.58 bits per heavy atom. The van der Waals surface area contributed by atoms with Gasteiger partial charge in [0.05, 0.1) is 11.0 Å². The number of rotatable bonds is 8. The van der Waals surface area contributed by atoms with Crippen LogP contribution in [-0.4, -0.2) is 4.57 Å². The van der Waals surface area contributed by atoms with Crippen LogP contribution in [0.1, 0.15) is 79.0 Å². The Morgan fingerprint density at radius 2 is 0.891 bits per heavy atom. The highest BCUT2D eigenvalue weighted by Gasteiger charge is 2.37. The van der Waals surface area contributed by atoms with Crippen molar-refractivity contribution in [2.24, 2.45) is 0 Å². The molecule has 1 unspecified atom stereocenters. The second-order valence-corrected chi connectivity index (χ2v) is 19.2. The molecular formula is C63H51N. The predicted octanol–water partition coefficient (Wildman–Crippen LogP) is 16.5. The summed E-state index contributed by atoms with van der Waals surface area (Å²) >= 11 is 0.